The maximum absolute atomic E-state index is 14.2. The van der Waals surface area contributed by atoms with E-state index in [0.29, 0.717) is 46.0 Å². The molecule has 5 rings (SSSR count). The Kier molecular flexibility index (Phi) is 4.67. The van der Waals surface area contributed by atoms with Gasteiger partial charge in [0.2, 0.25) is 0 Å². The van der Waals surface area contributed by atoms with Crippen molar-refractivity contribution in [2.75, 3.05) is 18.1 Å². The predicted octanol–water partition coefficient (Wildman–Crippen LogP) is 4.89. The molecular formula is C23H17F4N5O. The lowest BCUT2D eigenvalue weighted by atomic mass is 9.93. The van der Waals surface area contributed by atoms with Crippen LogP contribution in [0.15, 0.2) is 42.7 Å². The number of hydrogen-bond donors (Lipinski definition) is 0. The molecule has 0 saturated carbocycles. The Balaban J connectivity index is 1.67. The van der Waals surface area contributed by atoms with Crippen molar-refractivity contribution in [3.63, 3.8) is 0 Å². The Hall–Kier alpha value is -3.87. The molecule has 1 aliphatic heterocycles. The first kappa shape index (κ1) is 21.0. The van der Waals surface area contributed by atoms with Gasteiger partial charge in [0.05, 0.1) is 23.3 Å². The molecule has 0 saturated heterocycles. The first-order valence-corrected chi connectivity index (χ1v) is 10.1. The van der Waals surface area contributed by atoms with Crippen molar-refractivity contribution < 1.29 is 22.3 Å². The van der Waals surface area contributed by atoms with E-state index >= 15 is 0 Å². The average molecular weight is 455 g/mol. The van der Waals surface area contributed by atoms with Crippen LogP contribution in [-0.4, -0.2) is 38.9 Å². The average Bonchev–Trinajstić information content (AvgIpc) is 3.24. The van der Waals surface area contributed by atoms with Crippen molar-refractivity contribution in [1.29, 1.82) is 0 Å². The van der Waals surface area contributed by atoms with Gasteiger partial charge in [0, 0.05) is 5.39 Å². The van der Waals surface area contributed by atoms with E-state index in [4.69, 9.17) is 4.74 Å². The van der Waals surface area contributed by atoms with Crippen LogP contribution in [0.2, 0.25) is 0 Å². The van der Waals surface area contributed by atoms with Gasteiger partial charge >= 0.3 is 6.18 Å². The van der Waals surface area contributed by atoms with E-state index in [1.165, 1.54) is 18.5 Å². The lowest BCUT2D eigenvalue weighted by molar-refractivity contribution is -0.190. The minimum atomic E-state index is -4.47. The number of ether oxygens (including phenoxy) is 1. The summed E-state index contributed by atoms with van der Waals surface area (Å²) in [6.07, 6.45) is -2.97. The lowest BCUT2D eigenvalue weighted by Crippen LogP contribution is -2.31. The van der Waals surface area contributed by atoms with Gasteiger partial charge in [0.1, 0.15) is 30.0 Å². The summed E-state index contributed by atoms with van der Waals surface area (Å²) in [7, 11) is 0. The molecule has 168 valence electrons. The summed E-state index contributed by atoms with van der Waals surface area (Å²) < 4.78 is 61.4. The lowest BCUT2D eigenvalue weighted by Gasteiger charge is -2.31. The molecule has 6 nitrogen and oxygen atoms in total. The zero-order valence-electron chi connectivity index (χ0n) is 17.6. The highest BCUT2D eigenvalue weighted by Gasteiger charge is 2.46. The number of rotatable bonds is 1. The molecule has 0 radical (unpaired) electrons. The Morgan fingerprint density at radius 3 is 2.73 bits per heavy atom. The molecule has 0 spiro atoms. The Morgan fingerprint density at radius 1 is 1.12 bits per heavy atom. The molecule has 0 atom stereocenters. The zero-order valence-corrected chi connectivity index (χ0v) is 17.6. The second-order valence-corrected chi connectivity index (χ2v) is 8.12. The standard InChI is InChI=1S/C23H17F4N5O/c1-22(2,23(25,26)27)9-8-14-4-3-5-18-19(14)33-11-10-31(18)20-16-12-15(24)6-7-17(16)32-13-28-30-21(32)29-20/h3-7,12-13H,10-11H2,1-2H3. The van der Waals surface area contributed by atoms with Gasteiger partial charge in [0.15, 0.2) is 5.75 Å². The van der Waals surface area contributed by atoms with Gasteiger partial charge in [-0.2, -0.15) is 18.2 Å². The minimum Gasteiger partial charge on any atom is -0.488 e. The summed E-state index contributed by atoms with van der Waals surface area (Å²) >= 11 is 0. The normalized spacial score (nSPS) is 14.1. The van der Waals surface area contributed by atoms with Crippen LogP contribution < -0.4 is 9.64 Å². The van der Waals surface area contributed by atoms with Crippen LogP contribution in [-0.2, 0) is 0 Å². The largest absolute Gasteiger partial charge is 0.488 e. The van der Waals surface area contributed by atoms with Crippen molar-refractivity contribution in [1.82, 2.24) is 19.6 Å². The predicted molar refractivity (Wildman–Crippen MR) is 114 cm³/mol. The van der Waals surface area contributed by atoms with Gasteiger partial charge in [-0.15, -0.1) is 10.2 Å². The summed E-state index contributed by atoms with van der Waals surface area (Å²) in [5.41, 5.74) is -0.622. The summed E-state index contributed by atoms with van der Waals surface area (Å²) in [6, 6.07) is 9.39. The molecule has 0 aliphatic carbocycles. The first-order valence-electron chi connectivity index (χ1n) is 10.1. The van der Waals surface area contributed by atoms with Gasteiger partial charge in [-0.1, -0.05) is 17.9 Å². The van der Waals surface area contributed by atoms with Crippen molar-refractivity contribution in [2.24, 2.45) is 5.41 Å². The molecule has 0 unspecified atom stereocenters. The quantitative estimate of drug-likeness (QED) is 0.302. The maximum Gasteiger partial charge on any atom is 0.404 e. The van der Waals surface area contributed by atoms with Crippen LogP contribution in [0.3, 0.4) is 0 Å². The van der Waals surface area contributed by atoms with Crippen LogP contribution >= 0.6 is 0 Å². The molecule has 33 heavy (non-hydrogen) atoms. The maximum atomic E-state index is 14.2. The number of benzene rings is 2. The summed E-state index contributed by atoms with van der Waals surface area (Å²) in [6.45, 7) is 2.69. The van der Waals surface area contributed by atoms with Crippen LogP contribution in [0.4, 0.5) is 29.1 Å². The number of anilines is 2. The summed E-state index contributed by atoms with van der Waals surface area (Å²) in [4.78, 5) is 6.41. The molecule has 4 aromatic rings. The third-order valence-electron chi connectivity index (χ3n) is 5.52. The van der Waals surface area contributed by atoms with Gasteiger partial charge in [-0.25, -0.2) is 4.39 Å². The second-order valence-electron chi connectivity index (χ2n) is 8.12. The van der Waals surface area contributed by atoms with Gasteiger partial charge in [-0.3, -0.25) is 4.40 Å². The van der Waals surface area contributed by atoms with E-state index in [1.807, 2.05) is 4.90 Å². The molecule has 0 bridgehead atoms. The Labute approximate surface area is 185 Å². The highest BCUT2D eigenvalue weighted by atomic mass is 19.4. The molecule has 0 fully saturated rings. The fourth-order valence-corrected chi connectivity index (χ4v) is 3.59. The second kappa shape index (κ2) is 7.33. The van der Waals surface area contributed by atoms with Crippen LogP contribution in [0, 0.1) is 23.1 Å². The van der Waals surface area contributed by atoms with Crippen molar-refractivity contribution in [3.05, 3.63) is 54.1 Å². The molecule has 2 aromatic heterocycles. The number of halogens is 4. The molecule has 0 amide bonds. The SMILES string of the molecule is CC(C)(C#Cc1cccc2c1OCCN2c1nc2nncn2c2ccc(F)cc12)C(F)(F)F. The monoisotopic (exact) mass is 455 g/mol. The molecule has 10 heteroatoms. The van der Waals surface area contributed by atoms with Gasteiger partial charge in [0.25, 0.3) is 5.78 Å². The van der Waals surface area contributed by atoms with Crippen molar-refractivity contribution in [2.45, 2.75) is 20.0 Å². The minimum absolute atomic E-state index is 0.241. The van der Waals surface area contributed by atoms with Gasteiger partial charge in [-0.05, 0) is 44.2 Å². The molecular weight excluding hydrogens is 438 g/mol. The van der Waals surface area contributed by atoms with Crippen molar-refractivity contribution >= 4 is 28.2 Å². The number of aromatic nitrogens is 4. The third kappa shape index (κ3) is 3.50. The topological polar surface area (TPSA) is 55.5 Å². The van der Waals surface area contributed by atoms with Gasteiger partial charge < -0.3 is 9.64 Å². The number of hydrogen-bond acceptors (Lipinski definition) is 5. The number of para-hydroxylation sites is 1. The highest BCUT2D eigenvalue weighted by molar-refractivity contribution is 5.94. The Bertz CT molecular complexity index is 1450. The van der Waals surface area contributed by atoms with E-state index in [1.54, 1.807) is 28.7 Å². The molecule has 1 aliphatic rings. The van der Waals surface area contributed by atoms with E-state index in [9.17, 15) is 17.6 Å². The zero-order chi connectivity index (χ0) is 23.4. The highest BCUT2D eigenvalue weighted by Crippen LogP contribution is 2.41. The summed E-state index contributed by atoms with van der Waals surface area (Å²) in [5.74, 6) is 5.64. The molecule has 2 aromatic carbocycles. The fourth-order valence-electron chi connectivity index (χ4n) is 3.59. The smallest absolute Gasteiger partial charge is 0.404 e. The molecule has 0 N–H and O–H groups in total. The van der Waals surface area contributed by atoms with E-state index in [0.717, 1.165) is 13.8 Å². The number of fused-ring (bicyclic) bond motifs is 4. The van der Waals surface area contributed by atoms with E-state index < -0.39 is 17.4 Å². The number of alkyl halides is 3. The van der Waals surface area contributed by atoms with Crippen molar-refractivity contribution in [3.8, 4) is 17.6 Å². The third-order valence-corrected chi connectivity index (χ3v) is 5.52. The fraction of sp³-hybridized carbons (Fsp3) is 0.261. The Morgan fingerprint density at radius 2 is 1.94 bits per heavy atom. The number of nitrogens with zero attached hydrogens (tertiary/aromatic N) is 5. The summed E-state index contributed by atoms with van der Waals surface area (Å²) in [5, 5.41) is 8.44. The van der Waals surface area contributed by atoms with E-state index in [2.05, 4.69) is 27.0 Å². The molecule has 3 heterocycles. The first-order chi connectivity index (χ1) is 15.7. The van der Waals surface area contributed by atoms with Crippen LogP contribution in [0.5, 0.6) is 5.75 Å². The van der Waals surface area contributed by atoms with E-state index in [-0.39, 0.29) is 6.61 Å². The van der Waals surface area contributed by atoms with Crippen LogP contribution in [0.25, 0.3) is 16.7 Å². The van der Waals surface area contributed by atoms with Crippen LogP contribution in [0.1, 0.15) is 19.4 Å².